The molecule has 0 spiro atoms. The molecule has 0 aliphatic carbocycles. The normalized spacial score (nSPS) is 10.2. The number of carbonyl (C=O) groups is 2. The summed E-state index contributed by atoms with van der Waals surface area (Å²) in [6, 6.07) is 12.9. The van der Waals surface area contributed by atoms with E-state index in [9.17, 15) is 9.59 Å². The van der Waals surface area contributed by atoms with Gasteiger partial charge in [-0.05, 0) is 37.3 Å². The Kier molecular flexibility index (Phi) is 8.00. The van der Waals surface area contributed by atoms with Crippen LogP contribution in [0.2, 0.25) is 0 Å². The van der Waals surface area contributed by atoms with Crippen molar-refractivity contribution in [1.82, 2.24) is 5.32 Å². The monoisotopic (exact) mass is 389 g/mol. The van der Waals surface area contributed by atoms with E-state index in [4.69, 9.17) is 14.2 Å². The van der Waals surface area contributed by atoms with Gasteiger partial charge in [0.1, 0.15) is 0 Å². The van der Waals surface area contributed by atoms with Crippen LogP contribution in [0.15, 0.2) is 47.4 Å². The van der Waals surface area contributed by atoms with Crippen LogP contribution < -0.4 is 14.8 Å². The number of hydrogen-bond acceptors (Lipinski definition) is 6. The fourth-order valence-corrected chi connectivity index (χ4v) is 2.99. The highest BCUT2D eigenvalue weighted by molar-refractivity contribution is 7.99. The van der Waals surface area contributed by atoms with Crippen molar-refractivity contribution in [1.29, 1.82) is 0 Å². The van der Waals surface area contributed by atoms with Crippen molar-refractivity contribution in [3.05, 3.63) is 53.6 Å². The minimum Gasteiger partial charge on any atom is -0.493 e. The van der Waals surface area contributed by atoms with Crippen LogP contribution in [0.4, 0.5) is 0 Å². The first-order valence-corrected chi connectivity index (χ1v) is 9.37. The second-order valence-electron chi connectivity index (χ2n) is 5.66. The molecule has 7 heteroatoms. The summed E-state index contributed by atoms with van der Waals surface area (Å²) in [7, 11) is 2.99. The molecule has 0 radical (unpaired) electrons. The molecule has 0 unspecified atom stereocenters. The van der Waals surface area contributed by atoms with Crippen LogP contribution >= 0.6 is 11.8 Å². The van der Waals surface area contributed by atoms with Gasteiger partial charge in [-0.3, -0.25) is 4.79 Å². The van der Waals surface area contributed by atoms with E-state index >= 15 is 0 Å². The quantitative estimate of drug-likeness (QED) is 0.404. The largest absolute Gasteiger partial charge is 0.493 e. The minimum absolute atomic E-state index is 0.287. The number of amides is 1. The molecule has 1 N–H and O–H groups in total. The van der Waals surface area contributed by atoms with Gasteiger partial charge in [0.15, 0.2) is 18.1 Å². The van der Waals surface area contributed by atoms with Gasteiger partial charge in [-0.1, -0.05) is 17.7 Å². The maximum atomic E-state index is 12.1. The smallest absolute Gasteiger partial charge is 0.338 e. The number of esters is 1. The summed E-state index contributed by atoms with van der Waals surface area (Å²) in [5.74, 6) is 0.731. The van der Waals surface area contributed by atoms with Crippen LogP contribution in [0.1, 0.15) is 15.9 Å². The van der Waals surface area contributed by atoms with E-state index in [0.29, 0.717) is 18.0 Å². The molecule has 0 saturated heterocycles. The van der Waals surface area contributed by atoms with E-state index in [-0.39, 0.29) is 18.1 Å². The van der Waals surface area contributed by atoms with Crippen LogP contribution in [0.25, 0.3) is 0 Å². The lowest BCUT2D eigenvalue weighted by Gasteiger charge is -2.10. The van der Waals surface area contributed by atoms with Gasteiger partial charge in [-0.15, -0.1) is 11.8 Å². The Bertz CT molecular complexity index is 776. The standard InChI is InChI=1S/C20H23NO5S/c1-14-4-7-16(8-5-14)27-11-10-21-19(22)13-26-20(23)15-6-9-17(24-2)18(12-15)25-3/h4-9,12H,10-11,13H2,1-3H3,(H,21,22). The predicted octanol–water partition coefficient (Wildman–Crippen LogP) is 3.08. The van der Waals surface area contributed by atoms with Crippen molar-refractivity contribution in [2.75, 3.05) is 33.1 Å². The Balaban J connectivity index is 1.71. The molecule has 144 valence electrons. The molecule has 0 aliphatic rings. The minimum atomic E-state index is -0.597. The van der Waals surface area contributed by atoms with Crippen molar-refractivity contribution < 1.29 is 23.8 Å². The highest BCUT2D eigenvalue weighted by atomic mass is 32.2. The zero-order valence-corrected chi connectivity index (χ0v) is 16.4. The van der Waals surface area contributed by atoms with Gasteiger partial charge in [-0.2, -0.15) is 0 Å². The maximum Gasteiger partial charge on any atom is 0.338 e. The van der Waals surface area contributed by atoms with Gasteiger partial charge < -0.3 is 19.5 Å². The number of rotatable bonds is 9. The molecule has 0 saturated carbocycles. The van der Waals surface area contributed by atoms with Gasteiger partial charge in [0, 0.05) is 17.2 Å². The van der Waals surface area contributed by atoms with Crippen molar-refractivity contribution in [2.24, 2.45) is 0 Å². The summed E-state index contributed by atoms with van der Waals surface area (Å²) in [5, 5.41) is 2.73. The first-order chi connectivity index (χ1) is 13.0. The number of methoxy groups -OCH3 is 2. The van der Waals surface area contributed by atoms with Crippen molar-refractivity contribution in [3.8, 4) is 11.5 Å². The molecular formula is C20H23NO5S. The van der Waals surface area contributed by atoms with Gasteiger partial charge >= 0.3 is 5.97 Å². The number of thioether (sulfide) groups is 1. The third-order valence-electron chi connectivity index (χ3n) is 3.67. The van der Waals surface area contributed by atoms with E-state index in [2.05, 4.69) is 17.4 Å². The fourth-order valence-electron chi connectivity index (χ4n) is 2.22. The third kappa shape index (κ3) is 6.53. The molecule has 27 heavy (non-hydrogen) atoms. The topological polar surface area (TPSA) is 73.9 Å². The van der Waals surface area contributed by atoms with Crippen molar-refractivity contribution >= 4 is 23.6 Å². The molecule has 0 atom stereocenters. The fraction of sp³-hybridized carbons (Fsp3) is 0.300. The summed E-state index contributed by atoms with van der Waals surface area (Å²) < 4.78 is 15.3. The van der Waals surface area contributed by atoms with Crippen LogP contribution in [-0.4, -0.2) is 45.0 Å². The van der Waals surface area contributed by atoms with Crippen LogP contribution in [0, 0.1) is 6.92 Å². The summed E-state index contributed by atoms with van der Waals surface area (Å²) in [4.78, 5) is 25.0. The molecular weight excluding hydrogens is 366 g/mol. The van der Waals surface area contributed by atoms with Crippen LogP contribution in [-0.2, 0) is 9.53 Å². The average Bonchev–Trinajstić information content (AvgIpc) is 2.70. The maximum absolute atomic E-state index is 12.1. The Labute approximate surface area is 163 Å². The van der Waals surface area contributed by atoms with Gasteiger partial charge in [0.05, 0.1) is 19.8 Å². The van der Waals surface area contributed by atoms with Crippen molar-refractivity contribution in [2.45, 2.75) is 11.8 Å². The number of nitrogens with one attached hydrogen (secondary N) is 1. The lowest BCUT2D eigenvalue weighted by molar-refractivity contribution is -0.124. The first-order valence-electron chi connectivity index (χ1n) is 8.39. The zero-order valence-electron chi connectivity index (χ0n) is 15.6. The predicted molar refractivity (Wildman–Crippen MR) is 105 cm³/mol. The number of benzene rings is 2. The Morgan fingerprint density at radius 2 is 1.70 bits per heavy atom. The molecule has 0 bridgehead atoms. The Morgan fingerprint density at radius 1 is 1.00 bits per heavy atom. The first kappa shape index (κ1) is 20.6. The van der Waals surface area contributed by atoms with Crippen molar-refractivity contribution in [3.63, 3.8) is 0 Å². The summed E-state index contributed by atoms with van der Waals surface area (Å²) >= 11 is 1.65. The third-order valence-corrected chi connectivity index (χ3v) is 4.68. The molecule has 6 nitrogen and oxygen atoms in total. The molecule has 0 aliphatic heterocycles. The van der Waals surface area contributed by atoms with Crippen LogP contribution in [0.5, 0.6) is 11.5 Å². The number of aryl methyl sites for hydroxylation is 1. The lowest BCUT2D eigenvalue weighted by Crippen LogP contribution is -2.30. The van der Waals surface area contributed by atoms with E-state index < -0.39 is 5.97 Å². The summed E-state index contributed by atoms with van der Waals surface area (Å²) in [6.45, 7) is 2.20. The highest BCUT2D eigenvalue weighted by Gasteiger charge is 2.13. The molecule has 0 fully saturated rings. The Hall–Kier alpha value is -2.67. The molecule has 2 rings (SSSR count). The van der Waals surface area contributed by atoms with E-state index in [0.717, 1.165) is 10.6 Å². The van der Waals surface area contributed by atoms with Gasteiger partial charge in [0.25, 0.3) is 5.91 Å². The lowest BCUT2D eigenvalue weighted by atomic mass is 10.2. The average molecular weight is 389 g/mol. The zero-order chi connectivity index (χ0) is 19.6. The van der Waals surface area contributed by atoms with Gasteiger partial charge in [0.2, 0.25) is 0 Å². The van der Waals surface area contributed by atoms with Crippen LogP contribution in [0.3, 0.4) is 0 Å². The second kappa shape index (κ2) is 10.5. The van der Waals surface area contributed by atoms with Gasteiger partial charge in [-0.25, -0.2) is 4.79 Å². The van der Waals surface area contributed by atoms with E-state index in [1.165, 1.54) is 25.8 Å². The molecule has 2 aromatic rings. The second-order valence-corrected chi connectivity index (χ2v) is 6.83. The summed E-state index contributed by atoms with van der Waals surface area (Å²) in [5.41, 5.74) is 1.50. The molecule has 0 heterocycles. The molecule has 2 aromatic carbocycles. The summed E-state index contributed by atoms with van der Waals surface area (Å²) in [6.07, 6.45) is 0. The number of ether oxygens (including phenoxy) is 3. The SMILES string of the molecule is COc1ccc(C(=O)OCC(=O)NCCSc2ccc(C)cc2)cc1OC. The number of hydrogen-bond donors (Lipinski definition) is 1. The van der Waals surface area contributed by atoms with E-state index in [1.807, 2.05) is 19.1 Å². The van der Waals surface area contributed by atoms with E-state index in [1.54, 1.807) is 23.9 Å². The number of carbonyl (C=O) groups excluding carboxylic acids is 2. The Morgan fingerprint density at radius 3 is 2.37 bits per heavy atom. The molecule has 0 aromatic heterocycles. The molecule has 1 amide bonds. The highest BCUT2D eigenvalue weighted by Crippen LogP contribution is 2.27.